The highest BCUT2D eigenvalue weighted by Crippen LogP contribution is 2.34. The molecule has 3 aromatic rings. The first-order chi connectivity index (χ1) is 17.4. The first-order valence-electron chi connectivity index (χ1n) is 12.2. The van der Waals surface area contributed by atoms with Crippen molar-refractivity contribution in [2.45, 2.75) is 37.2 Å². The second kappa shape index (κ2) is 9.16. The van der Waals surface area contributed by atoms with E-state index in [9.17, 15) is 13.2 Å². The van der Waals surface area contributed by atoms with Gasteiger partial charge in [-0.15, -0.1) is 0 Å². The highest BCUT2D eigenvalue weighted by molar-refractivity contribution is 5.89. The Morgan fingerprint density at radius 2 is 1.89 bits per heavy atom. The lowest BCUT2D eigenvalue weighted by atomic mass is 9.89. The summed E-state index contributed by atoms with van der Waals surface area (Å²) in [4.78, 5) is 14.1. The van der Waals surface area contributed by atoms with Crippen molar-refractivity contribution in [2.75, 3.05) is 56.7 Å². The molecule has 12 heteroatoms. The molecule has 2 saturated heterocycles. The molecular weight excluding hydrogens is 475 g/mol. The molecule has 0 bridgehead atoms. The molecule has 3 aliphatic rings. The molecule has 9 nitrogen and oxygen atoms in total. The van der Waals surface area contributed by atoms with Crippen molar-refractivity contribution in [3.8, 4) is 5.69 Å². The van der Waals surface area contributed by atoms with E-state index in [1.54, 1.807) is 19.4 Å². The maximum atomic E-state index is 13.4. The molecule has 0 spiro atoms. The average Bonchev–Trinajstić information content (AvgIpc) is 3.24. The Hall–Kier alpha value is -2.96. The van der Waals surface area contributed by atoms with Crippen LogP contribution >= 0.6 is 0 Å². The van der Waals surface area contributed by atoms with E-state index in [0.717, 1.165) is 70.2 Å². The average molecular weight is 504 g/mol. The van der Waals surface area contributed by atoms with Gasteiger partial charge in [-0.3, -0.25) is 4.90 Å². The lowest BCUT2D eigenvalue weighted by molar-refractivity contribution is -0.137. The van der Waals surface area contributed by atoms with Crippen molar-refractivity contribution in [2.24, 2.45) is 0 Å². The van der Waals surface area contributed by atoms with Gasteiger partial charge in [0.15, 0.2) is 5.65 Å². The van der Waals surface area contributed by atoms with Crippen LogP contribution in [0, 0.1) is 0 Å². The van der Waals surface area contributed by atoms with E-state index in [2.05, 4.69) is 25.2 Å². The van der Waals surface area contributed by atoms with Crippen molar-refractivity contribution in [1.29, 1.82) is 0 Å². The zero-order valence-electron chi connectivity index (χ0n) is 19.9. The molecule has 0 unspecified atom stereocenters. The van der Waals surface area contributed by atoms with Gasteiger partial charge in [-0.25, -0.2) is 4.68 Å². The Labute approximate surface area is 206 Å². The molecular formula is C24H28F3N7O2. The van der Waals surface area contributed by atoms with Gasteiger partial charge in [0.25, 0.3) is 0 Å². The van der Waals surface area contributed by atoms with Gasteiger partial charge >= 0.3 is 6.18 Å². The number of nitrogens with zero attached hydrogens (tertiary/aromatic N) is 6. The van der Waals surface area contributed by atoms with Gasteiger partial charge in [0.1, 0.15) is 5.82 Å². The molecule has 1 aromatic carbocycles. The number of benzene rings is 1. The molecule has 2 aromatic heterocycles. The van der Waals surface area contributed by atoms with Crippen LogP contribution in [0.5, 0.6) is 0 Å². The third kappa shape index (κ3) is 4.37. The van der Waals surface area contributed by atoms with E-state index < -0.39 is 11.7 Å². The third-order valence-electron chi connectivity index (χ3n) is 7.31. The van der Waals surface area contributed by atoms with Gasteiger partial charge in [0.05, 0.1) is 42.2 Å². The van der Waals surface area contributed by atoms with Gasteiger partial charge in [0.2, 0.25) is 5.95 Å². The van der Waals surface area contributed by atoms with Crippen LogP contribution in [0.15, 0.2) is 30.5 Å². The topological polar surface area (TPSA) is 80.6 Å². The summed E-state index contributed by atoms with van der Waals surface area (Å²) in [6, 6.07) is 5.73. The Morgan fingerprint density at radius 1 is 1.11 bits per heavy atom. The number of hydrogen-bond donors (Lipinski definition) is 1. The van der Waals surface area contributed by atoms with Crippen LogP contribution in [0.1, 0.15) is 18.4 Å². The maximum Gasteiger partial charge on any atom is 0.416 e. The smallest absolute Gasteiger partial charge is 0.381 e. The summed E-state index contributed by atoms with van der Waals surface area (Å²) in [6.45, 7) is 4.96. The minimum atomic E-state index is -4.44. The fraction of sp³-hybridized carbons (Fsp3) is 0.542. The summed E-state index contributed by atoms with van der Waals surface area (Å²) in [5, 5.41) is 8.51. The van der Waals surface area contributed by atoms with E-state index in [-0.39, 0.29) is 12.1 Å². The molecule has 0 amide bonds. The molecule has 3 fully saturated rings. The van der Waals surface area contributed by atoms with E-state index >= 15 is 0 Å². The standard InChI is InChI=1S/C24H28F3N7O2/c1-35-19-10-16(11-19)29-23-30-21(33-13-18(14-33)32-5-7-36-8-6-32)20-12-28-34(22(20)31-23)17-4-2-3-15(9-17)24(25,26)27/h2-4,9,12,16,18-19H,5-8,10-11,13-14H2,1H3,(H,29,30,31). The minimum Gasteiger partial charge on any atom is -0.381 e. The maximum absolute atomic E-state index is 13.4. The number of nitrogens with one attached hydrogen (secondary N) is 1. The van der Waals surface area contributed by atoms with Crippen molar-refractivity contribution < 1.29 is 22.6 Å². The van der Waals surface area contributed by atoms with Gasteiger partial charge in [-0.1, -0.05) is 6.07 Å². The van der Waals surface area contributed by atoms with Gasteiger partial charge in [-0.2, -0.15) is 28.2 Å². The van der Waals surface area contributed by atoms with Gasteiger partial charge in [0, 0.05) is 45.4 Å². The third-order valence-corrected chi connectivity index (χ3v) is 7.31. The van der Waals surface area contributed by atoms with Crippen LogP contribution in [-0.4, -0.2) is 89.3 Å². The Balaban J connectivity index is 1.33. The fourth-order valence-electron chi connectivity index (χ4n) is 5.06. The van der Waals surface area contributed by atoms with E-state index in [1.807, 2.05) is 0 Å². The summed E-state index contributed by atoms with van der Waals surface area (Å²) in [5.41, 5.74) is 0.0417. The quantitative estimate of drug-likeness (QED) is 0.550. The number of aromatic nitrogens is 4. The van der Waals surface area contributed by atoms with Crippen LogP contribution in [0.2, 0.25) is 0 Å². The number of alkyl halides is 3. The van der Waals surface area contributed by atoms with Gasteiger partial charge in [-0.05, 0) is 31.0 Å². The predicted octanol–water partition coefficient (Wildman–Crippen LogP) is 2.94. The molecule has 36 heavy (non-hydrogen) atoms. The van der Waals surface area contributed by atoms with E-state index in [4.69, 9.17) is 14.5 Å². The molecule has 192 valence electrons. The first-order valence-corrected chi connectivity index (χ1v) is 12.2. The largest absolute Gasteiger partial charge is 0.416 e. The lowest BCUT2D eigenvalue weighted by Crippen LogP contribution is -2.61. The molecule has 1 aliphatic carbocycles. The SMILES string of the molecule is COC1CC(Nc2nc(N3CC(N4CCOCC4)C3)c3cnn(-c4cccc(C(F)(F)F)c4)c3n2)C1. The second-order valence-electron chi connectivity index (χ2n) is 9.59. The highest BCUT2D eigenvalue weighted by atomic mass is 19.4. The van der Waals surface area contributed by atoms with Crippen LogP contribution in [0.3, 0.4) is 0 Å². The predicted molar refractivity (Wildman–Crippen MR) is 127 cm³/mol. The molecule has 6 rings (SSSR count). The van der Waals surface area contributed by atoms with Crippen LogP contribution in [0.4, 0.5) is 24.9 Å². The number of anilines is 2. The summed E-state index contributed by atoms with van der Waals surface area (Å²) in [6.07, 6.45) is -0.890. The molecule has 1 saturated carbocycles. The molecule has 0 atom stereocenters. The van der Waals surface area contributed by atoms with Crippen molar-refractivity contribution in [3.05, 3.63) is 36.0 Å². The Bertz CT molecular complexity index is 1230. The number of hydrogen-bond acceptors (Lipinski definition) is 8. The van der Waals surface area contributed by atoms with Crippen LogP contribution in [0.25, 0.3) is 16.7 Å². The van der Waals surface area contributed by atoms with E-state index in [0.29, 0.717) is 28.7 Å². The number of methoxy groups -OCH3 is 1. The van der Waals surface area contributed by atoms with Crippen LogP contribution < -0.4 is 10.2 Å². The number of rotatable bonds is 6. The summed E-state index contributed by atoms with van der Waals surface area (Å²) in [7, 11) is 1.70. The molecule has 1 N–H and O–H groups in total. The number of fused-ring (bicyclic) bond motifs is 1. The number of morpholine rings is 1. The lowest BCUT2D eigenvalue weighted by Gasteiger charge is -2.47. The summed E-state index contributed by atoms with van der Waals surface area (Å²) >= 11 is 0. The summed E-state index contributed by atoms with van der Waals surface area (Å²) in [5.74, 6) is 1.19. The molecule has 4 heterocycles. The zero-order chi connectivity index (χ0) is 24.9. The number of halogens is 3. The minimum absolute atomic E-state index is 0.183. The number of ether oxygens (including phenoxy) is 2. The highest BCUT2D eigenvalue weighted by Gasteiger charge is 2.36. The van der Waals surface area contributed by atoms with Crippen molar-refractivity contribution >= 4 is 22.8 Å². The second-order valence-corrected chi connectivity index (χ2v) is 9.59. The first kappa shape index (κ1) is 23.4. The van der Waals surface area contributed by atoms with E-state index in [1.165, 1.54) is 10.7 Å². The molecule has 0 radical (unpaired) electrons. The fourth-order valence-corrected chi connectivity index (χ4v) is 5.06. The summed E-state index contributed by atoms with van der Waals surface area (Å²) < 4.78 is 52.4. The Kier molecular flexibility index (Phi) is 5.97. The monoisotopic (exact) mass is 503 g/mol. The van der Waals surface area contributed by atoms with Crippen molar-refractivity contribution in [1.82, 2.24) is 24.6 Å². The van der Waals surface area contributed by atoms with Crippen LogP contribution in [-0.2, 0) is 15.7 Å². The Morgan fingerprint density at radius 3 is 2.61 bits per heavy atom. The van der Waals surface area contributed by atoms with Crippen molar-refractivity contribution in [3.63, 3.8) is 0 Å². The van der Waals surface area contributed by atoms with Gasteiger partial charge < -0.3 is 19.7 Å². The molecule has 2 aliphatic heterocycles. The normalized spacial score (nSPS) is 23.5. The zero-order valence-corrected chi connectivity index (χ0v) is 19.9.